The van der Waals surface area contributed by atoms with Crippen LogP contribution in [0.3, 0.4) is 0 Å². The maximum atomic E-state index is 12.8. The summed E-state index contributed by atoms with van der Waals surface area (Å²) in [7, 11) is 0. The lowest BCUT2D eigenvalue weighted by Crippen LogP contribution is -2.31. The molecule has 0 unspecified atom stereocenters. The zero-order chi connectivity index (χ0) is 22.1. The summed E-state index contributed by atoms with van der Waals surface area (Å²) in [4.78, 5) is 27.1. The van der Waals surface area contributed by atoms with E-state index in [0.29, 0.717) is 23.6 Å². The van der Waals surface area contributed by atoms with E-state index in [1.807, 2.05) is 36.1 Å². The van der Waals surface area contributed by atoms with Crippen molar-refractivity contribution >= 4 is 23.2 Å². The molecule has 6 heteroatoms. The summed E-state index contributed by atoms with van der Waals surface area (Å²) < 4.78 is 5.63. The van der Waals surface area contributed by atoms with Crippen LogP contribution in [0.4, 0.5) is 11.4 Å². The number of carbonyl (C=O) groups is 2. The highest BCUT2D eigenvalue weighted by Gasteiger charge is 2.17. The minimum atomic E-state index is -0.187. The Labute approximate surface area is 184 Å². The molecule has 1 aliphatic heterocycles. The molecular formula is C25H31N3O3. The van der Waals surface area contributed by atoms with Crippen molar-refractivity contribution in [1.29, 1.82) is 0 Å². The monoisotopic (exact) mass is 421 g/mol. The van der Waals surface area contributed by atoms with E-state index in [1.165, 1.54) is 12.8 Å². The predicted octanol–water partition coefficient (Wildman–Crippen LogP) is 4.71. The van der Waals surface area contributed by atoms with Gasteiger partial charge in [-0.15, -0.1) is 0 Å². The first-order chi connectivity index (χ1) is 15.0. The Morgan fingerprint density at radius 3 is 2.45 bits per heavy atom. The molecule has 2 N–H and O–H groups in total. The number of ether oxygens (including phenoxy) is 1. The molecule has 0 aromatic heterocycles. The van der Waals surface area contributed by atoms with Gasteiger partial charge < -0.3 is 20.3 Å². The third-order valence-corrected chi connectivity index (χ3v) is 5.06. The molecule has 0 aliphatic carbocycles. The van der Waals surface area contributed by atoms with Crippen molar-refractivity contribution in [2.45, 2.75) is 32.6 Å². The molecule has 0 spiro atoms. The zero-order valence-electron chi connectivity index (χ0n) is 18.2. The number of hydrogen-bond donors (Lipinski definition) is 2. The van der Waals surface area contributed by atoms with E-state index < -0.39 is 0 Å². The maximum absolute atomic E-state index is 12.8. The number of hydrogen-bond acceptors (Lipinski definition) is 4. The number of rotatable bonds is 8. The SMILES string of the molecule is C=C(C)COc1cccc(NCC(=O)Nc2cccc(C(=O)N3CCCCCC3)c2)c1. The van der Waals surface area contributed by atoms with Crippen LogP contribution in [0.25, 0.3) is 0 Å². The second-order valence-electron chi connectivity index (χ2n) is 7.96. The van der Waals surface area contributed by atoms with Crippen LogP contribution in [-0.4, -0.2) is 43.0 Å². The highest BCUT2D eigenvalue weighted by Crippen LogP contribution is 2.19. The largest absolute Gasteiger partial charge is 0.489 e. The Balaban J connectivity index is 1.54. The molecule has 1 fully saturated rings. The average molecular weight is 422 g/mol. The first-order valence-electron chi connectivity index (χ1n) is 10.8. The molecule has 1 saturated heterocycles. The molecule has 0 radical (unpaired) electrons. The van der Waals surface area contributed by atoms with Gasteiger partial charge in [-0.3, -0.25) is 9.59 Å². The lowest BCUT2D eigenvalue weighted by Gasteiger charge is -2.20. The second-order valence-corrected chi connectivity index (χ2v) is 7.96. The van der Waals surface area contributed by atoms with Crippen LogP contribution in [-0.2, 0) is 4.79 Å². The molecule has 1 heterocycles. The van der Waals surface area contributed by atoms with Gasteiger partial charge in [-0.1, -0.05) is 31.6 Å². The van der Waals surface area contributed by atoms with E-state index in [-0.39, 0.29) is 18.4 Å². The lowest BCUT2D eigenvalue weighted by atomic mass is 10.1. The summed E-state index contributed by atoms with van der Waals surface area (Å²) in [5.41, 5.74) is 2.95. The summed E-state index contributed by atoms with van der Waals surface area (Å²) in [6.07, 6.45) is 4.45. The number of carbonyl (C=O) groups excluding carboxylic acids is 2. The summed E-state index contributed by atoms with van der Waals surface area (Å²) in [6, 6.07) is 14.6. The highest BCUT2D eigenvalue weighted by molar-refractivity contribution is 5.98. The van der Waals surface area contributed by atoms with Gasteiger partial charge in [-0.25, -0.2) is 0 Å². The third kappa shape index (κ3) is 7.17. The first-order valence-corrected chi connectivity index (χ1v) is 10.8. The molecule has 0 atom stereocenters. The zero-order valence-corrected chi connectivity index (χ0v) is 18.2. The van der Waals surface area contributed by atoms with Gasteiger partial charge in [0, 0.05) is 36.1 Å². The standard InChI is InChI=1S/C25H31N3O3/c1-19(2)18-31-23-12-8-10-21(16-23)26-17-24(29)27-22-11-7-9-20(15-22)25(30)28-13-5-3-4-6-14-28/h7-12,15-16,26H,1,3-6,13-14,17-18H2,2H3,(H,27,29). The fourth-order valence-electron chi connectivity index (χ4n) is 3.48. The summed E-state index contributed by atoms with van der Waals surface area (Å²) in [5, 5.41) is 5.96. The Hall–Kier alpha value is -3.28. The minimum absolute atomic E-state index is 0.0303. The quantitative estimate of drug-likeness (QED) is 0.606. The van der Waals surface area contributed by atoms with Gasteiger partial charge in [0.15, 0.2) is 0 Å². The topological polar surface area (TPSA) is 70.7 Å². The fourth-order valence-corrected chi connectivity index (χ4v) is 3.48. The number of anilines is 2. The summed E-state index contributed by atoms with van der Waals surface area (Å²) >= 11 is 0. The highest BCUT2D eigenvalue weighted by atomic mass is 16.5. The summed E-state index contributed by atoms with van der Waals surface area (Å²) in [6.45, 7) is 7.89. The summed E-state index contributed by atoms with van der Waals surface area (Å²) in [5.74, 6) is 0.559. The van der Waals surface area contributed by atoms with Crippen molar-refractivity contribution in [3.63, 3.8) is 0 Å². The van der Waals surface area contributed by atoms with Crippen molar-refractivity contribution in [2.24, 2.45) is 0 Å². The predicted molar refractivity (Wildman–Crippen MR) is 125 cm³/mol. The molecule has 0 bridgehead atoms. The van der Waals surface area contributed by atoms with E-state index >= 15 is 0 Å². The van der Waals surface area contributed by atoms with Crippen LogP contribution in [0.5, 0.6) is 5.75 Å². The number of likely N-dealkylation sites (tertiary alicyclic amines) is 1. The molecule has 31 heavy (non-hydrogen) atoms. The van der Waals surface area contributed by atoms with Crippen molar-refractivity contribution in [3.05, 3.63) is 66.2 Å². The Kier molecular flexibility index (Phi) is 8.10. The van der Waals surface area contributed by atoms with Crippen LogP contribution in [0.2, 0.25) is 0 Å². The van der Waals surface area contributed by atoms with Crippen molar-refractivity contribution in [2.75, 3.05) is 36.9 Å². The lowest BCUT2D eigenvalue weighted by molar-refractivity contribution is -0.114. The van der Waals surface area contributed by atoms with Crippen molar-refractivity contribution in [3.8, 4) is 5.75 Å². The molecule has 164 valence electrons. The van der Waals surface area contributed by atoms with Gasteiger partial charge in [0.05, 0.1) is 6.54 Å². The molecule has 6 nitrogen and oxygen atoms in total. The Bertz CT molecular complexity index is 918. The normalized spacial score (nSPS) is 13.8. The number of nitrogens with one attached hydrogen (secondary N) is 2. The van der Waals surface area contributed by atoms with Gasteiger partial charge in [-0.2, -0.15) is 0 Å². The smallest absolute Gasteiger partial charge is 0.253 e. The van der Waals surface area contributed by atoms with Crippen LogP contribution in [0.1, 0.15) is 43.0 Å². The van der Waals surface area contributed by atoms with Gasteiger partial charge >= 0.3 is 0 Å². The van der Waals surface area contributed by atoms with Gasteiger partial charge in [0.2, 0.25) is 5.91 Å². The molecule has 0 saturated carbocycles. The van der Waals surface area contributed by atoms with E-state index in [0.717, 1.165) is 37.2 Å². The van der Waals surface area contributed by atoms with Gasteiger partial charge in [0.1, 0.15) is 12.4 Å². The molecule has 1 aliphatic rings. The van der Waals surface area contributed by atoms with Crippen LogP contribution in [0.15, 0.2) is 60.7 Å². The van der Waals surface area contributed by atoms with Gasteiger partial charge in [-0.05, 0) is 55.7 Å². The Morgan fingerprint density at radius 1 is 1.00 bits per heavy atom. The van der Waals surface area contributed by atoms with Crippen molar-refractivity contribution in [1.82, 2.24) is 4.90 Å². The fraction of sp³-hybridized carbons (Fsp3) is 0.360. The minimum Gasteiger partial charge on any atom is -0.489 e. The van der Waals surface area contributed by atoms with Gasteiger partial charge in [0.25, 0.3) is 5.91 Å². The second kappa shape index (κ2) is 11.2. The molecule has 2 amide bonds. The molecule has 2 aromatic carbocycles. The first kappa shape index (κ1) is 22.4. The molecular weight excluding hydrogens is 390 g/mol. The maximum Gasteiger partial charge on any atom is 0.253 e. The average Bonchev–Trinajstić information content (AvgIpc) is 3.06. The third-order valence-electron chi connectivity index (χ3n) is 5.06. The number of amides is 2. The number of benzene rings is 2. The van der Waals surface area contributed by atoms with Crippen LogP contribution in [0, 0.1) is 0 Å². The van der Waals surface area contributed by atoms with Crippen molar-refractivity contribution < 1.29 is 14.3 Å². The Morgan fingerprint density at radius 2 is 1.71 bits per heavy atom. The molecule has 3 rings (SSSR count). The van der Waals surface area contributed by atoms with Crippen LogP contribution >= 0.6 is 0 Å². The van der Waals surface area contributed by atoms with E-state index in [1.54, 1.807) is 24.3 Å². The van der Waals surface area contributed by atoms with E-state index in [9.17, 15) is 9.59 Å². The van der Waals surface area contributed by atoms with E-state index in [2.05, 4.69) is 17.2 Å². The van der Waals surface area contributed by atoms with Crippen LogP contribution < -0.4 is 15.4 Å². The number of nitrogens with zero attached hydrogens (tertiary/aromatic N) is 1. The molecule has 2 aromatic rings. The van der Waals surface area contributed by atoms with E-state index in [4.69, 9.17) is 4.74 Å².